The van der Waals surface area contributed by atoms with E-state index < -0.39 is 4.92 Å². The molecule has 2 aliphatic heterocycles. The number of hydrogen-bond donors (Lipinski definition) is 1. The van der Waals surface area contributed by atoms with Gasteiger partial charge in [0.25, 0.3) is 11.6 Å². The predicted molar refractivity (Wildman–Crippen MR) is 98.3 cm³/mol. The van der Waals surface area contributed by atoms with Crippen molar-refractivity contribution in [2.45, 2.75) is 19.4 Å². The second kappa shape index (κ2) is 7.14. The van der Waals surface area contributed by atoms with E-state index in [0.717, 1.165) is 37.2 Å². The number of rotatable bonds is 5. The van der Waals surface area contributed by atoms with E-state index in [-0.39, 0.29) is 24.9 Å². The summed E-state index contributed by atoms with van der Waals surface area (Å²) in [4.78, 5) is 25.5. The molecule has 0 aliphatic carbocycles. The van der Waals surface area contributed by atoms with Crippen molar-refractivity contribution >= 4 is 17.3 Å². The molecule has 0 atom stereocenters. The molecule has 2 aliphatic rings. The topological polar surface area (TPSA) is 93.9 Å². The van der Waals surface area contributed by atoms with Crippen LogP contribution in [0.1, 0.15) is 28.8 Å². The maximum Gasteiger partial charge on any atom is 0.270 e. The van der Waals surface area contributed by atoms with E-state index in [4.69, 9.17) is 9.47 Å². The number of benzene rings is 2. The summed E-state index contributed by atoms with van der Waals surface area (Å²) >= 11 is 0. The van der Waals surface area contributed by atoms with Gasteiger partial charge in [0.05, 0.1) is 16.2 Å². The van der Waals surface area contributed by atoms with Crippen LogP contribution in [0, 0.1) is 10.1 Å². The Morgan fingerprint density at radius 2 is 1.89 bits per heavy atom. The van der Waals surface area contributed by atoms with Gasteiger partial charge >= 0.3 is 0 Å². The Kier molecular flexibility index (Phi) is 4.53. The summed E-state index contributed by atoms with van der Waals surface area (Å²) in [6.07, 6.45) is 2.10. The number of nitro groups is 1. The van der Waals surface area contributed by atoms with Crippen LogP contribution >= 0.6 is 0 Å². The summed E-state index contributed by atoms with van der Waals surface area (Å²) in [5, 5.41) is 14.0. The summed E-state index contributed by atoms with van der Waals surface area (Å²) in [7, 11) is 0. The molecule has 140 valence electrons. The van der Waals surface area contributed by atoms with Crippen LogP contribution in [0.25, 0.3) is 0 Å². The number of nitrogens with one attached hydrogen (secondary N) is 1. The van der Waals surface area contributed by atoms with E-state index in [9.17, 15) is 14.9 Å². The molecule has 1 N–H and O–H groups in total. The SMILES string of the molecule is O=C(NCc1ccc2c(c1)OCO2)c1cc([N+](=O)[O-])ccc1N1CCCC1. The fourth-order valence-electron chi connectivity index (χ4n) is 3.38. The number of carbonyl (C=O) groups excluding carboxylic acids is 1. The fraction of sp³-hybridized carbons (Fsp3) is 0.316. The van der Waals surface area contributed by atoms with E-state index in [1.165, 1.54) is 12.1 Å². The first-order valence-corrected chi connectivity index (χ1v) is 8.82. The normalized spacial score (nSPS) is 15.0. The average molecular weight is 369 g/mol. The van der Waals surface area contributed by atoms with Crippen molar-refractivity contribution < 1.29 is 19.2 Å². The molecule has 1 fully saturated rings. The monoisotopic (exact) mass is 369 g/mol. The second-order valence-corrected chi connectivity index (χ2v) is 6.52. The van der Waals surface area contributed by atoms with Crippen LogP contribution in [0.15, 0.2) is 36.4 Å². The second-order valence-electron chi connectivity index (χ2n) is 6.52. The third kappa shape index (κ3) is 3.51. The third-order valence-corrected chi connectivity index (χ3v) is 4.77. The van der Waals surface area contributed by atoms with Crippen molar-refractivity contribution in [3.63, 3.8) is 0 Å². The smallest absolute Gasteiger partial charge is 0.270 e. The minimum absolute atomic E-state index is 0.0915. The number of anilines is 1. The van der Waals surface area contributed by atoms with E-state index in [1.54, 1.807) is 12.1 Å². The van der Waals surface area contributed by atoms with Gasteiger partial charge in [0.2, 0.25) is 6.79 Å². The third-order valence-electron chi connectivity index (χ3n) is 4.77. The van der Waals surface area contributed by atoms with Gasteiger partial charge in [-0.1, -0.05) is 6.07 Å². The molecule has 27 heavy (non-hydrogen) atoms. The lowest BCUT2D eigenvalue weighted by molar-refractivity contribution is -0.384. The summed E-state index contributed by atoms with van der Waals surface area (Å²) < 4.78 is 10.6. The number of nitro benzene ring substituents is 1. The lowest BCUT2D eigenvalue weighted by Crippen LogP contribution is -2.27. The van der Waals surface area contributed by atoms with Crippen molar-refractivity contribution in [1.82, 2.24) is 5.32 Å². The van der Waals surface area contributed by atoms with Gasteiger partial charge in [0.15, 0.2) is 11.5 Å². The van der Waals surface area contributed by atoms with Crippen molar-refractivity contribution in [2.75, 3.05) is 24.8 Å². The molecule has 2 aromatic carbocycles. The lowest BCUT2D eigenvalue weighted by Gasteiger charge is -2.21. The van der Waals surface area contributed by atoms with Crippen LogP contribution in [0.4, 0.5) is 11.4 Å². The number of fused-ring (bicyclic) bond motifs is 1. The summed E-state index contributed by atoms with van der Waals surface area (Å²) in [5.74, 6) is 0.994. The van der Waals surface area contributed by atoms with Gasteiger partial charge in [-0.2, -0.15) is 0 Å². The molecular formula is C19H19N3O5. The average Bonchev–Trinajstić information content (AvgIpc) is 3.36. The number of non-ortho nitro benzene ring substituents is 1. The Bertz CT molecular complexity index is 893. The molecule has 8 heteroatoms. The van der Waals surface area contributed by atoms with Crippen LogP contribution in [-0.2, 0) is 6.54 Å². The molecule has 8 nitrogen and oxygen atoms in total. The Labute approximate surface area is 155 Å². The zero-order valence-electron chi connectivity index (χ0n) is 14.6. The molecule has 2 aromatic rings. The number of hydrogen-bond acceptors (Lipinski definition) is 6. The Morgan fingerprint density at radius 1 is 1.11 bits per heavy atom. The van der Waals surface area contributed by atoms with E-state index in [2.05, 4.69) is 10.2 Å². The highest BCUT2D eigenvalue weighted by Gasteiger charge is 2.22. The van der Waals surface area contributed by atoms with Crippen LogP contribution in [-0.4, -0.2) is 30.7 Å². The quantitative estimate of drug-likeness (QED) is 0.643. The number of ether oxygens (including phenoxy) is 2. The van der Waals surface area contributed by atoms with Crippen LogP contribution in [0.3, 0.4) is 0 Å². The van der Waals surface area contributed by atoms with Crippen molar-refractivity contribution in [2.24, 2.45) is 0 Å². The van der Waals surface area contributed by atoms with Gasteiger partial charge in [0, 0.05) is 31.8 Å². The molecule has 2 heterocycles. The molecule has 0 unspecified atom stereocenters. The van der Waals surface area contributed by atoms with E-state index in [1.807, 2.05) is 12.1 Å². The van der Waals surface area contributed by atoms with Gasteiger partial charge in [-0.3, -0.25) is 14.9 Å². The van der Waals surface area contributed by atoms with Crippen molar-refractivity contribution in [3.05, 3.63) is 57.6 Å². The van der Waals surface area contributed by atoms with E-state index in [0.29, 0.717) is 17.1 Å². The zero-order chi connectivity index (χ0) is 18.8. The van der Waals surface area contributed by atoms with Gasteiger partial charge < -0.3 is 19.7 Å². The molecule has 0 aromatic heterocycles. The number of nitrogens with zero attached hydrogens (tertiary/aromatic N) is 2. The first-order valence-electron chi connectivity index (χ1n) is 8.82. The highest BCUT2D eigenvalue weighted by Crippen LogP contribution is 2.32. The molecule has 0 bridgehead atoms. The number of carbonyl (C=O) groups is 1. The predicted octanol–water partition coefficient (Wildman–Crippen LogP) is 2.85. The molecule has 1 saturated heterocycles. The molecule has 1 amide bonds. The highest BCUT2D eigenvalue weighted by atomic mass is 16.7. The van der Waals surface area contributed by atoms with Gasteiger partial charge in [-0.25, -0.2) is 0 Å². The first kappa shape index (κ1) is 17.1. The van der Waals surface area contributed by atoms with Crippen LogP contribution in [0.2, 0.25) is 0 Å². The Hall–Kier alpha value is -3.29. The van der Waals surface area contributed by atoms with Crippen molar-refractivity contribution in [3.8, 4) is 11.5 Å². The van der Waals surface area contributed by atoms with Crippen LogP contribution < -0.4 is 19.7 Å². The van der Waals surface area contributed by atoms with Gasteiger partial charge in [-0.05, 0) is 36.6 Å². The molecule has 0 radical (unpaired) electrons. The minimum Gasteiger partial charge on any atom is -0.454 e. The Balaban J connectivity index is 1.54. The summed E-state index contributed by atoms with van der Waals surface area (Å²) in [6, 6.07) is 9.93. The summed E-state index contributed by atoms with van der Waals surface area (Å²) in [5.41, 5.74) is 1.83. The van der Waals surface area contributed by atoms with Crippen molar-refractivity contribution in [1.29, 1.82) is 0 Å². The maximum atomic E-state index is 12.8. The largest absolute Gasteiger partial charge is 0.454 e. The van der Waals surface area contributed by atoms with Gasteiger partial charge in [0.1, 0.15) is 0 Å². The van der Waals surface area contributed by atoms with Gasteiger partial charge in [-0.15, -0.1) is 0 Å². The highest BCUT2D eigenvalue weighted by molar-refractivity contribution is 6.00. The summed E-state index contributed by atoms with van der Waals surface area (Å²) in [6.45, 7) is 2.18. The number of amides is 1. The molecular weight excluding hydrogens is 350 g/mol. The van der Waals surface area contributed by atoms with Crippen LogP contribution in [0.5, 0.6) is 11.5 Å². The molecule has 0 spiro atoms. The zero-order valence-corrected chi connectivity index (χ0v) is 14.6. The molecule has 4 rings (SSSR count). The maximum absolute atomic E-state index is 12.8. The Morgan fingerprint density at radius 3 is 2.67 bits per heavy atom. The first-order chi connectivity index (χ1) is 13.1. The molecule has 0 saturated carbocycles. The fourth-order valence-corrected chi connectivity index (χ4v) is 3.38. The van der Waals surface area contributed by atoms with E-state index >= 15 is 0 Å². The lowest BCUT2D eigenvalue weighted by atomic mass is 10.1. The minimum atomic E-state index is -0.484. The standard InChI is InChI=1S/C19H19N3O5/c23-19(20-11-13-3-6-17-18(9-13)27-12-26-17)15-10-14(22(24)25)4-5-16(15)21-7-1-2-8-21/h3-6,9-10H,1-2,7-8,11-12H2,(H,20,23).